The molecule has 0 aromatic carbocycles. The van der Waals surface area contributed by atoms with E-state index in [4.69, 9.17) is 51.1 Å². The monoisotopic (exact) mass is 1070 g/mol. The molecule has 28 nitrogen and oxygen atoms in total. The zero-order valence-corrected chi connectivity index (χ0v) is 43.0. The Labute approximate surface area is 423 Å². The second-order valence-corrected chi connectivity index (χ2v) is 16.1. The smallest absolute Gasteiger partial charge is 0.371 e. The van der Waals surface area contributed by atoms with Gasteiger partial charge in [0.1, 0.15) is 69.4 Å². The summed E-state index contributed by atoms with van der Waals surface area (Å²) in [7, 11) is 0. The number of Topliss-reactive ketones (excluding diaryl/α,β-unsaturated/α-hetero) is 8. The Morgan fingerprint density at radius 2 is 0.892 bits per heavy atom. The van der Waals surface area contributed by atoms with Gasteiger partial charge in [-0.25, -0.2) is 9.59 Å². The third kappa shape index (κ3) is 45.1. The van der Waals surface area contributed by atoms with Crippen molar-refractivity contribution in [3.8, 4) is 0 Å². The maximum atomic E-state index is 10.8. The van der Waals surface area contributed by atoms with Gasteiger partial charge in [-0.15, -0.1) is 0 Å². The summed E-state index contributed by atoms with van der Waals surface area (Å²) in [4.78, 5) is 181. The van der Waals surface area contributed by atoms with E-state index in [2.05, 4.69) is 0 Å². The fourth-order valence-electron chi connectivity index (χ4n) is 3.41. The highest BCUT2D eigenvalue weighted by molar-refractivity contribution is 6.31. The number of hydrogen-bond donors (Lipinski definition) is 10. The van der Waals surface area contributed by atoms with E-state index >= 15 is 0 Å². The molecule has 0 amide bonds. The summed E-state index contributed by atoms with van der Waals surface area (Å²) >= 11 is 0. The first-order valence-corrected chi connectivity index (χ1v) is 21.1. The Hall–Kier alpha value is -8.04. The van der Waals surface area contributed by atoms with Gasteiger partial charge in [0.25, 0.3) is 0 Å². The Kier molecular flexibility index (Phi) is 43.9. The van der Waals surface area contributed by atoms with E-state index in [0.717, 1.165) is 32.4 Å². The highest BCUT2D eigenvalue weighted by Crippen LogP contribution is 2.46. The van der Waals surface area contributed by atoms with Crippen LogP contribution >= 0.6 is 0 Å². The first-order valence-electron chi connectivity index (χ1n) is 21.1. The van der Waals surface area contributed by atoms with Crippen LogP contribution in [0.1, 0.15) is 141 Å². The molecule has 0 heterocycles. The largest absolute Gasteiger partial charge is 0.481 e. The van der Waals surface area contributed by atoms with Gasteiger partial charge < -0.3 is 55.9 Å². The van der Waals surface area contributed by atoms with Crippen LogP contribution < -0.4 is 0 Å². The molecule has 10 N–H and O–H groups in total. The molecule has 2 atom stereocenters. The lowest BCUT2D eigenvalue weighted by molar-refractivity contribution is -0.160. The molecule has 420 valence electrons. The normalized spacial score (nSPS) is 13.0. The number of carbonyl (C=O) groups excluding carboxylic acids is 9. The summed E-state index contributed by atoms with van der Waals surface area (Å²) in [5.74, 6) is -13.6. The van der Waals surface area contributed by atoms with E-state index in [-0.39, 0.29) is 59.7 Å². The summed E-state index contributed by atoms with van der Waals surface area (Å²) < 4.78 is 0. The van der Waals surface area contributed by atoms with Gasteiger partial charge in [-0.3, -0.25) is 71.9 Å². The van der Waals surface area contributed by atoms with Crippen LogP contribution in [-0.4, -0.2) is 163 Å². The van der Waals surface area contributed by atoms with Crippen LogP contribution in [0.15, 0.2) is 12.2 Å². The minimum absolute atomic E-state index is 0.0463. The number of carboxylic acids is 9. The van der Waals surface area contributed by atoms with Crippen molar-refractivity contribution < 1.29 is 137 Å². The van der Waals surface area contributed by atoms with Crippen LogP contribution in [0.3, 0.4) is 0 Å². The van der Waals surface area contributed by atoms with Gasteiger partial charge in [0.05, 0.1) is 12.8 Å². The number of carbonyl (C=O) groups is 18. The zero-order chi connectivity index (χ0) is 60.8. The van der Waals surface area contributed by atoms with E-state index in [0.29, 0.717) is 25.7 Å². The number of carboxylic acid groups (broad SMARTS) is 9. The van der Waals surface area contributed by atoms with Crippen LogP contribution in [0, 0.1) is 22.2 Å². The number of allylic oxidation sites excluding steroid dienone is 1. The first-order chi connectivity index (χ1) is 33.2. The molecule has 2 rings (SSSR count). The topological polar surface area (TPSA) is 510 Å². The quantitative estimate of drug-likeness (QED) is 0.0502. The average Bonchev–Trinajstić information content (AvgIpc) is 4.02. The SMILES string of the molecule is CC(=O)/C=C/C(=O)O.CC(=O)C(=O)O.CC(=O)C(C)(C)C(=O)O.CC(=O)C(C)C(=O)O.CC(=O)C(O)CC(=O)O.CC(=O)C1(C(=O)O)CC1.CC(=O)C1(C(=O)O)CCC1.CC(=O)CC(=O)O.CC(=O)CCC(=O)O. The molecule has 0 bridgehead atoms. The van der Waals surface area contributed by atoms with Crippen molar-refractivity contribution in [3.05, 3.63) is 12.2 Å². The number of aliphatic hydroxyl groups is 1. The molecule has 74 heavy (non-hydrogen) atoms. The average molecular weight is 1070 g/mol. The van der Waals surface area contributed by atoms with Gasteiger partial charge >= 0.3 is 53.7 Å². The predicted molar refractivity (Wildman–Crippen MR) is 249 cm³/mol. The van der Waals surface area contributed by atoms with E-state index in [1.807, 2.05) is 0 Å². The van der Waals surface area contributed by atoms with Gasteiger partial charge in [-0.1, -0.05) is 6.42 Å². The van der Waals surface area contributed by atoms with E-state index in [1.54, 1.807) is 0 Å². The molecule has 0 radical (unpaired) electrons. The van der Waals surface area contributed by atoms with Gasteiger partial charge in [-0.05, 0) is 108 Å². The lowest BCUT2D eigenvalue weighted by Gasteiger charge is -2.34. The minimum Gasteiger partial charge on any atom is -0.481 e. The van der Waals surface area contributed by atoms with Crippen molar-refractivity contribution in [2.75, 3.05) is 0 Å². The van der Waals surface area contributed by atoms with E-state index in [1.165, 1.54) is 69.2 Å². The molecule has 2 saturated carbocycles. The van der Waals surface area contributed by atoms with Crippen LogP contribution in [0.5, 0.6) is 0 Å². The zero-order valence-electron chi connectivity index (χ0n) is 43.0. The maximum absolute atomic E-state index is 10.8. The Morgan fingerprint density at radius 3 is 0.932 bits per heavy atom. The van der Waals surface area contributed by atoms with Crippen molar-refractivity contribution in [2.45, 2.75) is 147 Å². The van der Waals surface area contributed by atoms with Gasteiger partial charge in [0.15, 0.2) is 11.6 Å². The standard InChI is InChI=1S/C7H10O3.C6H8O3.C6H10O3.C5H8O4.C5H8O3.C5H6O3.C5H8O3.C4H6O3.C3H4O3/c1-5(8)7(6(9)10)3-2-4-7;1-4(7)6(2-3-6)5(8)9;1-4(7)6(2,3)5(8)9;1-3(6)4(7)2-5(8)9;2*1-4(6)2-3-5(7)8;1-3(4(2)6)5(7)8;1-3(5)2-4(6)7;1-2(4)3(5)6/h2-4H2,1H3,(H,9,10);2-3H2,1H3,(H,8,9);1-3H3,(H,8,9);4,7H,2H2,1H3,(H,8,9);2-3H2,1H3,(H,7,8);2-3H,1H3,(H,7,8);3H,1-2H3,(H,7,8);2H2,1H3,(H,6,7);1H3,(H,5,6)/b;;;;;3-2+;;;. The summed E-state index contributed by atoms with van der Waals surface area (Å²) in [6.45, 7) is 15.4. The Morgan fingerprint density at radius 1 is 0.514 bits per heavy atom. The Balaban J connectivity index is -0.000000137. The van der Waals surface area contributed by atoms with Gasteiger partial charge in [-0.2, -0.15) is 0 Å². The van der Waals surface area contributed by atoms with Crippen molar-refractivity contribution in [3.63, 3.8) is 0 Å². The summed E-state index contributed by atoms with van der Waals surface area (Å²) in [6.07, 6.45) is 2.67. The number of aliphatic hydroxyl groups excluding tert-OH is 1. The summed E-state index contributed by atoms with van der Waals surface area (Å²) in [6, 6.07) is 0. The molecule has 28 heteroatoms. The molecule has 2 unspecified atom stereocenters. The number of aliphatic carboxylic acids is 9. The van der Waals surface area contributed by atoms with Crippen molar-refractivity contribution in [2.24, 2.45) is 22.2 Å². The molecule has 2 aliphatic carbocycles. The van der Waals surface area contributed by atoms with Crippen LogP contribution in [0.2, 0.25) is 0 Å². The van der Waals surface area contributed by atoms with E-state index in [9.17, 15) is 86.3 Å². The Bertz CT molecular complexity index is 1940. The number of ketones is 9. The van der Waals surface area contributed by atoms with Gasteiger partial charge in [0, 0.05) is 19.4 Å². The first kappa shape index (κ1) is 80.1. The lowest BCUT2D eigenvalue weighted by Crippen LogP contribution is -2.43. The summed E-state index contributed by atoms with van der Waals surface area (Å²) in [5.41, 5.74) is -3.19. The molecular weight excluding hydrogens is 1000 g/mol. The lowest BCUT2D eigenvalue weighted by atomic mass is 9.66. The van der Waals surface area contributed by atoms with E-state index < -0.39 is 100.0 Å². The molecule has 0 spiro atoms. The van der Waals surface area contributed by atoms with Crippen LogP contribution in [-0.2, 0) is 86.3 Å². The second-order valence-electron chi connectivity index (χ2n) is 16.1. The fraction of sp³-hybridized carbons (Fsp3) is 0.565. The number of rotatable bonds is 19. The molecule has 2 aliphatic rings. The molecule has 0 aliphatic heterocycles. The summed E-state index contributed by atoms with van der Waals surface area (Å²) in [5, 5.41) is 81.6. The molecule has 0 aromatic rings. The molecule has 2 fully saturated rings. The number of hydrogen-bond acceptors (Lipinski definition) is 19. The highest BCUT2D eigenvalue weighted by Gasteiger charge is 2.54. The second kappa shape index (κ2) is 40.5. The van der Waals surface area contributed by atoms with Crippen molar-refractivity contribution in [1.82, 2.24) is 0 Å². The fourth-order valence-corrected chi connectivity index (χ4v) is 3.41. The van der Waals surface area contributed by atoms with Gasteiger partial charge in [0.2, 0.25) is 5.78 Å². The third-order valence-corrected chi connectivity index (χ3v) is 9.21. The highest BCUT2D eigenvalue weighted by atomic mass is 16.4. The van der Waals surface area contributed by atoms with Crippen LogP contribution in [0.4, 0.5) is 0 Å². The maximum Gasteiger partial charge on any atom is 0.371 e. The third-order valence-electron chi connectivity index (χ3n) is 9.21. The molecule has 0 saturated heterocycles. The van der Waals surface area contributed by atoms with Crippen molar-refractivity contribution in [1.29, 1.82) is 0 Å². The van der Waals surface area contributed by atoms with Crippen LogP contribution in [0.25, 0.3) is 0 Å². The molecule has 0 aromatic heterocycles. The predicted octanol–water partition coefficient (Wildman–Crippen LogP) is 2.03. The minimum atomic E-state index is -1.38. The molecular formula is C46H68O28. The van der Waals surface area contributed by atoms with Crippen molar-refractivity contribution >= 4 is 106 Å².